The molecule has 0 radical (unpaired) electrons. The third-order valence-corrected chi connectivity index (χ3v) is 2.59. The van der Waals surface area contributed by atoms with Gasteiger partial charge in [0.1, 0.15) is 12.1 Å². The summed E-state index contributed by atoms with van der Waals surface area (Å²) in [5, 5.41) is 3.28. The van der Waals surface area contributed by atoms with Crippen LogP contribution in [0.4, 0.5) is 11.4 Å². The summed E-state index contributed by atoms with van der Waals surface area (Å²) in [5.74, 6) is 0.717. The first-order valence-corrected chi connectivity index (χ1v) is 6.30. The summed E-state index contributed by atoms with van der Waals surface area (Å²) in [6, 6.07) is 7.55. The number of hydrogen-bond donors (Lipinski definition) is 2. The zero-order valence-electron chi connectivity index (χ0n) is 11.0. The van der Waals surface area contributed by atoms with Crippen molar-refractivity contribution in [2.45, 2.75) is 19.9 Å². The molecule has 1 aromatic carbocycles. The Morgan fingerprint density at radius 1 is 1.32 bits per heavy atom. The van der Waals surface area contributed by atoms with Gasteiger partial charge in [-0.1, -0.05) is 6.92 Å². The number of aromatic nitrogens is 2. The minimum absolute atomic E-state index is 0.639. The number of ether oxygens (including phenoxy) is 1. The van der Waals surface area contributed by atoms with Crippen molar-refractivity contribution in [3.05, 3.63) is 42.5 Å². The topological polar surface area (TPSA) is 73.1 Å². The molecule has 0 unspecified atom stereocenters. The summed E-state index contributed by atoms with van der Waals surface area (Å²) < 4.78 is 5.59. The van der Waals surface area contributed by atoms with Crippen molar-refractivity contribution in [1.29, 1.82) is 0 Å². The van der Waals surface area contributed by atoms with Crippen molar-refractivity contribution in [2.24, 2.45) is 0 Å². The Balaban J connectivity index is 2.00. The first-order valence-electron chi connectivity index (χ1n) is 6.30. The maximum atomic E-state index is 5.86. The number of anilines is 2. The molecule has 0 saturated carbocycles. The van der Waals surface area contributed by atoms with Gasteiger partial charge in [0.15, 0.2) is 0 Å². The third kappa shape index (κ3) is 3.84. The second-order valence-electron chi connectivity index (χ2n) is 4.16. The average molecular weight is 258 g/mol. The van der Waals surface area contributed by atoms with Crippen molar-refractivity contribution in [1.82, 2.24) is 9.97 Å². The lowest BCUT2D eigenvalue weighted by Crippen LogP contribution is -2.03. The van der Waals surface area contributed by atoms with Crippen LogP contribution < -0.4 is 15.8 Å². The van der Waals surface area contributed by atoms with Gasteiger partial charge in [-0.25, -0.2) is 9.97 Å². The maximum absolute atomic E-state index is 5.86. The van der Waals surface area contributed by atoms with Crippen LogP contribution in [0.3, 0.4) is 0 Å². The molecule has 0 spiro atoms. The molecule has 0 aliphatic heterocycles. The van der Waals surface area contributed by atoms with Gasteiger partial charge in [0.2, 0.25) is 0 Å². The molecule has 1 heterocycles. The van der Waals surface area contributed by atoms with E-state index in [0.29, 0.717) is 18.8 Å². The highest BCUT2D eigenvalue weighted by molar-refractivity contribution is 5.61. The Morgan fingerprint density at radius 3 is 2.95 bits per heavy atom. The molecular weight excluding hydrogens is 240 g/mol. The normalized spacial score (nSPS) is 10.2. The largest absolute Gasteiger partial charge is 0.491 e. The highest BCUT2D eigenvalue weighted by Crippen LogP contribution is 2.25. The Hall–Kier alpha value is -2.30. The van der Waals surface area contributed by atoms with E-state index in [1.165, 1.54) is 6.33 Å². The van der Waals surface area contributed by atoms with Crippen molar-refractivity contribution < 1.29 is 4.74 Å². The fraction of sp³-hybridized carbons (Fsp3) is 0.286. The summed E-state index contributed by atoms with van der Waals surface area (Å²) in [5.41, 5.74) is 8.41. The summed E-state index contributed by atoms with van der Waals surface area (Å²) in [4.78, 5) is 8.04. The lowest BCUT2D eigenvalue weighted by molar-refractivity contribution is 0.319. The number of benzene rings is 1. The van der Waals surface area contributed by atoms with E-state index in [-0.39, 0.29) is 0 Å². The predicted molar refractivity (Wildman–Crippen MR) is 76.0 cm³/mol. The SMILES string of the molecule is CCCOc1cc(NCc2ccncn2)ccc1N. The standard InChI is InChI=1S/C14H18N4O/c1-2-7-19-14-8-11(3-4-13(14)15)17-9-12-5-6-16-10-18-12/h3-6,8,10,17H,2,7,9,15H2,1H3. The molecule has 1 aromatic heterocycles. The first-order chi connectivity index (χ1) is 9.29. The molecule has 0 bridgehead atoms. The van der Waals surface area contributed by atoms with Crippen molar-refractivity contribution in [3.8, 4) is 5.75 Å². The van der Waals surface area contributed by atoms with Gasteiger partial charge in [-0.2, -0.15) is 0 Å². The summed E-state index contributed by atoms with van der Waals surface area (Å²) in [6.07, 6.45) is 4.22. The lowest BCUT2D eigenvalue weighted by atomic mass is 10.2. The molecule has 0 fully saturated rings. The van der Waals surface area contributed by atoms with Crippen LogP contribution >= 0.6 is 0 Å². The fourth-order valence-electron chi connectivity index (χ4n) is 1.60. The summed E-state index contributed by atoms with van der Waals surface area (Å²) >= 11 is 0. The second-order valence-corrected chi connectivity index (χ2v) is 4.16. The lowest BCUT2D eigenvalue weighted by Gasteiger charge is -2.11. The van der Waals surface area contributed by atoms with Crippen molar-refractivity contribution >= 4 is 11.4 Å². The van der Waals surface area contributed by atoms with Gasteiger partial charge in [0.25, 0.3) is 0 Å². The maximum Gasteiger partial charge on any atom is 0.144 e. The van der Waals surface area contributed by atoms with E-state index in [2.05, 4.69) is 22.2 Å². The van der Waals surface area contributed by atoms with Gasteiger partial charge in [0, 0.05) is 18.0 Å². The van der Waals surface area contributed by atoms with E-state index >= 15 is 0 Å². The monoisotopic (exact) mass is 258 g/mol. The van der Waals surface area contributed by atoms with E-state index in [4.69, 9.17) is 10.5 Å². The van der Waals surface area contributed by atoms with Crippen LogP contribution in [0, 0.1) is 0 Å². The molecule has 19 heavy (non-hydrogen) atoms. The quantitative estimate of drug-likeness (QED) is 0.779. The number of nitrogens with two attached hydrogens (primary N) is 1. The number of nitrogens with zero attached hydrogens (tertiary/aromatic N) is 2. The predicted octanol–water partition coefficient (Wildman–Crippen LogP) is 2.46. The number of nitrogen functional groups attached to an aromatic ring is 1. The van der Waals surface area contributed by atoms with Crippen LogP contribution in [0.25, 0.3) is 0 Å². The number of nitrogens with one attached hydrogen (secondary N) is 1. The molecule has 0 saturated heterocycles. The molecule has 0 aliphatic rings. The molecule has 100 valence electrons. The highest BCUT2D eigenvalue weighted by Gasteiger charge is 2.02. The zero-order valence-corrected chi connectivity index (χ0v) is 11.0. The van der Waals surface area contributed by atoms with Gasteiger partial charge in [-0.15, -0.1) is 0 Å². The molecule has 3 N–H and O–H groups in total. The minimum Gasteiger partial charge on any atom is -0.491 e. The van der Waals surface area contributed by atoms with Gasteiger partial charge >= 0.3 is 0 Å². The van der Waals surface area contributed by atoms with E-state index in [9.17, 15) is 0 Å². The number of hydrogen-bond acceptors (Lipinski definition) is 5. The van der Waals surface area contributed by atoms with E-state index in [0.717, 1.165) is 23.6 Å². The van der Waals surface area contributed by atoms with Gasteiger partial charge in [-0.05, 0) is 24.6 Å². The van der Waals surface area contributed by atoms with Crippen molar-refractivity contribution in [2.75, 3.05) is 17.7 Å². The molecule has 0 amide bonds. The summed E-state index contributed by atoms with van der Waals surface area (Å²) in [6.45, 7) is 3.37. The van der Waals surface area contributed by atoms with Gasteiger partial charge in [0.05, 0.1) is 24.5 Å². The van der Waals surface area contributed by atoms with Crippen LogP contribution in [0.2, 0.25) is 0 Å². The Kier molecular flexibility index (Phi) is 4.55. The Bertz CT molecular complexity index is 516. The first kappa shape index (κ1) is 13.1. The highest BCUT2D eigenvalue weighted by atomic mass is 16.5. The third-order valence-electron chi connectivity index (χ3n) is 2.59. The molecule has 5 nitrogen and oxygen atoms in total. The van der Waals surface area contributed by atoms with Crippen LogP contribution in [-0.2, 0) is 6.54 Å². The number of rotatable bonds is 6. The Labute approximate surface area is 112 Å². The average Bonchev–Trinajstić information content (AvgIpc) is 2.46. The molecule has 2 aromatic rings. The second kappa shape index (κ2) is 6.58. The van der Waals surface area contributed by atoms with E-state index in [1.54, 1.807) is 6.20 Å². The van der Waals surface area contributed by atoms with Gasteiger partial charge < -0.3 is 15.8 Å². The van der Waals surface area contributed by atoms with Crippen LogP contribution in [-0.4, -0.2) is 16.6 Å². The van der Waals surface area contributed by atoms with Crippen LogP contribution in [0.5, 0.6) is 5.75 Å². The van der Waals surface area contributed by atoms with E-state index < -0.39 is 0 Å². The van der Waals surface area contributed by atoms with Crippen LogP contribution in [0.1, 0.15) is 19.0 Å². The minimum atomic E-state index is 0.639. The smallest absolute Gasteiger partial charge is 0.144 e. The molecule has 2 rings (SSSR count). The van der Waals surface area contributed by atoms with Crippen LogP contribution in [0.15, 0.2) is 36.8 Å². The zero-order chi connectivity index (χ0) is 13.5. The van der Waals surface area contributed by atoms with Crippen molar-refractivity contribution in [3.63, 3.8) is 0 Å². The Morgan fingerprint density at radius 2 is 2.21 bits per heavy atom. The fourth-order valence-corrected chi connectivity index (χ4v) is 1.60. The van der Waals surface area contributed by atoms with Gasteiger partial charge in [-0.3, -0.25) is 0 Å². The molecule has 5 heteroatoms. The molecular formula is C14H18N4O. The molecule has 0 aliphatic carbocycles. The van der Waals surface area contributed by atoms with E-state index in [1.807, 2.05) is 24.3 Å². The summed E-state index contributed by atoms with van der Waals surface area (Å²) in [7, 11) is 0. The molecule has 0 atom stereocenters.